The third kappa shape index (κ3) is 2.98. The van der Waals surface area contributed by atoms with E-state index in [2.05, 4.69) is 15.2 Å². The molecule has 6 heteroatoms. The van der Waals surface area contributed by atoms with Crippen LogP contribution in [-0.4, -0.2) is 36.0 Å². The second-order valence-corrected chi connectivity index (χ2v) is 6.72. The Morgan fingerprint density at radius 1 is 1.36 bits per heavy atom. The van der Waals surface area contributed by atoms with E-state index in [0.717, 1.165) is 11.1 Å². The third-order valence-corrected chi connectivity index (χ3v) is 5.16. The molecule has 2 aliphatic rings. The van der Waals surface area contributed by atoms with Gasteiger partial charge in [0.25, 0.3) is 0 Å². The molecule has 0 radical (unpaired) electrons. The lowest BCUT2D eigenvalue weighted by Gasteiger charge is -2.33. The van der Waals surface area contributed by atoms with Crippen molar-refractivity contribution >= 4 is 5.91 Å². The molecular weight excluding hydrogens is 321 g/mol. The highest BCUT2D eigenvalue weighted by Gasteiger charge is 2.47. The van der Waals surface area contributed by atoms with Gasteiger partial charge in [-0.25, -0.2) is 4.39 Å². The first-order chi connectivity index (χ1) is 12.1. The number of hydrogen-bond acceptors (Lipinski definition) is 4. The number of aromatic nitrogens is 1. The average Bonchev–Trinajstić information content (AvgIpc) is 2.98. The maximum Gasteiger partial charge on any atom is 0.225 e. The normalized spacial score (nSPS) is 25.0. The highest BCUT2D eigenvalue weighted by atomic mass is 19.1. The molecule has 1 N–H and O–H groups in total. The van der Waals surface area contributed by atoms with E-state index in [0.29, 0.717) is 25.4 Å². The number of likely N-dealkylation sites (tertiary alicyclic amines) is 1. The van der Waals surface area contributed by atoms with Crippen LogP contribution in [0.2, 0.25) is 0 Å². The fourth-order valence-electron chi connectivity index (χ4n) is 3.95. The van der Waals surface area contributed by atoms with Gasteiger partial charge in [-0.05, 0) is 42.9 Å². The lowest BCUT2D eigenvalue weighted by atomic mass is 9.85. The predicted octanol–water partition coefficient (Wildman–Crippen LogP) is 2.15. The van der Waals surface area contributed by atoms with Crippen LogP contribution >= 0.6 is 0 Å². The van der Waals surface area contributed by atoms with E-state index in [1.54, 1.807) is 18.5 Å². The van der Waals surface area contributed by atoms with Crippen molar-refractivity contribution in [2.75, 3.05) is 20.2 Å². The minimum absolute atomic E-state index is 0.0103. The van der Waals surface area contributed by atoms with Gasteiger partial charge in [0.15, 0.2) is 0 Å². The summed E-state index contributed by atoms with van der Waals surface area (Å²) in [6.07, 6.45) is 3.42. The number of pyridine rings is 1. The van der Waals surface area contributed by atoms with Crippen LogP contribution in [0.3, 0.4) is 0 Å². The van der Waals surface area contributed by atoms with Crippen molar-refractivity contribution in [1.82, 2.24) is 15.2 Å². The van der Waals surface area contributed by atoms with Crippen LogP contribution in [0.4, 0.5) is 4.39 Å². The molecule has 0 saturated carbocycles. The zero-order valence-electron chi connectivity index (χ0n) is 14.0. The minimum Gasteiger partial charge on any atom is -0.493 e. The Hall–Kier alpha value is -2.47. The van der Waals surface area contributed by atoms with Crippen molar-refractivity contribution in [2.45, 2.75) is 12.6 Å². The van der Waals surface area contributed by atoms with Crippen molar-refractivity contribution in [1.29, 1.82) is 0 Å². The van der Waals surface area contributed by atoms with Gasteiger partial charge >= 0.3 is 0 Å². The first kappa shape index (κ1) is 16.0. The minimum atomic E-state index is -0.276. The first-order valence-corrected chi connectivity index (χ1v) is 8.42. The lowest BCUT2D eigenvalue weighted by molar-refractivity contribution is -0.126. The Morgan fingerprint density at radius 3 is 2.96 bits per heavy atom. The fourth-order valence-corrected chi connectivity index (χ4v) is 3.95. The smallest absolute Gasteiger partial charge is 0.225 e. The molecule has 0 aliphatic carbocycles. The van der Waals surface area contributed by atoms with Gasteiger partial charge < -0.3 is 10.1 Å². The summed E-state index contributed by atoms with van der Waals surface area (Å²) < 4.78 is 19.5. The summed E-state index contributed by atoms with van der Waals surface area (Å²) in [4.78, 5) is 18.8. The fraction of sp³-hybridized carbons (Fsp3) is 0.368. The van der Waals surface area contributed by atoms with Crippen molar-refractivity contribution in [2.24, 2.45) is 11.8 Å². The number of ether oxygens (including phenoxy) is 1. The molecule has 4 rings (SSSR count). The van der Waals surface area contributed by atoms with Crippen LogP contribution in [0.25, 0.3) is 0 Å². The highest BCUT2D eigenvalue weighted by molar-refractivity contribution is 5.80. The Kier molecular flexibility index (Phi) is 4.13. The van der Waals surface area contributed by atoms with E-state index >= 15 is 0 Å². The molecule has 0 bridgehead atoms. The number of halogens is 1. The van der Waals surface area contributed by atoms with Gasteiger partial charge in [-0.15, -0.1) is 0 Å². The lowest BCUT2D eigenvalue weighted by Crippen LogP contribution is -2.37. The topological polar surface area (TPSA) is 54.5 Å². The van der Waals surface area contributed by atoms with Crippen LogP contribution in [0.15, 0.2) is 42.7 Å². The standard InChI is InChI=1S/C19H20FN3O2/c1-23-10-15(19(24)22-9-12-4-6-21-7-5-12)16-11-25-17-3-2-13(20)8-14(17)18(16)23/h2-8,15-16,18H,9-11H2,1H3,(H,22,24)/t15-,16+,18+/m1/s1. The third-order valence-electron chi connectivity index (χ3n) is 5.16. The Labute approximate surface area is 145 Å². The van der Waals surface area contributed by atoms with Crippen LogP contribution in [0.1, 0.15) is 17.2 Å². The highest BCUT2D eigenvalue weighted by Crippen LogP contribution is 2.46. The van der Waals surface area contributed by atoms with Gasteiger partial charge in [0, 0.05) is 43.0 Å². The van der Waals surface area contributed by atoms with E-state index in [1.807, 2.05) is 19.2 Å². The van der Waals surface area contributed by atoms with Crippen LogP contribution < -0.4 is 10.1 Å². The van der Waals surface area contributed by atoms with Gasteiger partial charge in [0.2, 0.25) is 5.91 Å². The zero-order valence-corrected chi connectivity index (χ0v) is 14.0. The maximum absolute atomic E-state index is 13.7. The number of fused-ring (bicyclic) bond motifs is 3. The number of hydrogen-bond donors (Lipinski definition) is 1. The first-order valence-electron chi connectivity index (χ1n) is 8.42. The summed E-state index contributed by atoms with van der Waals surface area (Å²) >= 11 is 0. The van der Waals surface area contributed by atoms with E-state index in [9.17, 15) is 9.18 Å². The Morgan fingerprint density at radius 2 is 2.16 bits per heavy atom. The quantitative estimate of drug-likeness (QED) is 0.929. The number of rotatable bonds is 3. The number of benzene rings is 1. The molecule has 2 aliphatic heterocycles. The Balaban J connectivity index is 1.50. The van der Waals surface area contributed by atoms with Crippen molar-refractivity contribution < 1.29 is 13.9 Å². The second kappa shape index (κ2) is 6.44. The van der Waals surface area contributed by atoms with Crippen LogP contribution in [0, 0.1) is 17.7 Å². The molecule has 1 fully saturated rings. The number of nitrogens with one attached hydrogen (secondary N) is 1. The zero-order chi connectivity index (χ0) is 17.4. The number of nitrogens with zero attached hydrogens (tertiary/aromatic N) is 2. The maximum atomic E-state index is 13.7. The molecule has 0 unspecified atom stereocenters. The second-order valence-electron chi connectivity index (χ2n) is 6.72. The molecule has 5 nitrogen and oxygen atoms in total. The van der Waals surface area contributed by atoms with Crippen LogP contribution in [-0.2, 0) is 11.3 Å². The summed E-state index contributed by atoms with van der Waals surface area (Å²) in [5, 5.41) is 3.01. The monoisotopic (exact) mass is 341 g/mol. The molecule has 3 heterocycles. The summed E-state index contributed by atoms with van der Waals surface area (Å²) in [6.45, 7) is 1.59. The summed E-state index contributed by atoms with van der Waals surface area (Å²) in [5.41, 5.74) is 1.85. The summed E-state index contributed by atoms with van der Waals surface area (Å²) in [5.74, 6) is 0.305. The molecule has 130 valence electrons. The van der Waals surface area contributed by atoms with Gasteiger partial charge in [-0.3, -0.25) is 14.7 Å². The molecule has 1 amide bonds. The van der Waals surface area contributed by atoms with E-state index in [-0.39, 0.29) is 29.6 Å². The van der Waals surface area contributed by atoms with Gasteiger partial charge in [0.1, 0.15) is 11.6 Å². The van der Waals surface area contributed by atoms with E-state index in [1.165, 1.54) is 12.1 Å². The predicted molar refractivity (Wildman–Crippen MR) is 90.3 cm³/mol. The molecule has 0 spiro atoms. The summed E-state index contributed by atoms with van der Waals surface area (Å²) in [6, 6.07) is 8.38. The molecular formula is C19H20FN3O2. The van der Waals surface area contributed by atoms with Gasteiger partial charge in [-0.1, -0.05) is 0 Å². The van der Waals surface area contributed by atoms with E-state index < -0.39 is 0 Å². The van der Waals surface area contributed by atoms with Gasteiger partial charge in [-0.2, -0.15) is 0 Å². The van der Waals surface area contributed by atoms with Crippen molar-refractivity contribution in [3.05, 3.63) is 59.7 Å². The molecule has 1 aromatic carbocycles. The molecule has 2 aromatic rings. The van der Waals surface area contributed by atoms with Crippen molar-refractivity contribution in [3.8, 4) is 5.75 Å². The van der Waals surface area contributed by atoms with Gasteiger partial charge in [0.05, 0.1) is 12.5 Å². The average molecular weight is 341 g/mol. The van der Waals surface area contributed by atoms with E-state index in [4.69, 9.17) is 4.74 Å². The molecule has 25 heavy (non-hydrogen) atoms. The number of amides is 1. The number of carbonyl (C=O) groups is 1. The number of carbonyl (C=O) groups excluding carboxylic acids is 1. The Bertz CT molecular complexity index is 783. The van der Waals surface area contributed by atoms with Crippen molar-refractivity contribution in [3.63, 3.8) is 0 Å². The molecule has 3 atom stereocenters. The SMILES string of the molecule is CN1C[C@@H](C(=O)NCc2ccncc2)[C@@H]2COc3ccc(F)cc3[C@@H]21. The van der Waals surface area contributed by atoms with Crippen LogP contribution in [0.5, 0.6) is 5.75 Å². The molecule has 1 aromatic heterocycles. The molecule has 1 saturated heterocycles. The summed E-state index contributed by atoms with van der Waals surface area (Å²) in [7, 11) is 1.98. The largest absolute Gasteiger partial charge is 0.493 e.